The fourth-order valence-electron chi connectivity index (χ4n) is 0.526. The Morgan fingerprint density at radius 3 is 2.75 bits per heavy atom. The average Bonchev–Trinajstić information content (AvgIpc) is 1.66. The van der Waals surface area contributed by atoms with Crippen LogP contribution in [0.3, 0.4) is 0 Å². The van der Waals surface area contributed by atoms with E-state index in [4.69, 9.17) is 12.2 Å². The molecule has 0 amide bonds. The van der Waals surface area contributed by atoms with E-state index < -0.39 is 0 Å². The molecule has 8 heavy (non-hydrogen) atoms. The molecule has 0 saturated carbocycles. The molecular formula is C7H13N. The minimum atomic E-state index is 0.309. The molecule has 0 saturated heterocycles. The molecular weight excluding hydrogens is 98.1 g/mol. The van der Waals surface area contributed by atoms with Crippen molar-refractivity contribution in [3.8, 4) is 12.3 Å². The van der Waals surface area contributed by atoms with Crippen LogP contribution in [0.15, 0.2) is 0 Å². The Morgan fingerprint density at radius 2 is 2.38 bits per heavy atom. The molecule has 0 spiro atoms. The van der Waals surface area contributed by atoms with E-state index in [1.165, 1.54) is 0 Å². The van der Waals surface area contributed by atoms with E-state index >= 15 is 0 Å². The quantitative estimate of drug-likeness (QED) is 0.429. The summed E-state index contributed by atoms with van der Waals surface area (Å²) in [5.74, 6) is 2.57. The van der Waals surface area contributed by atoms with Crippen LogP contribution < -0.4 is 5.73 Å². The van der Waals surface area contributed by atoms with Gasteiger partial charge in [0.25, 0.3) is 0 Å². The van der Waals surface area contributed by atoms with Gasteiger partial charge in [0.1, 0.15) is 0 Å². The molecule has 0 aliphatic carbocycles. The number of terminal acetylenes is 1. The summed E-state index contributed by atoms with van der Waals surface area (Å²) in [6.45, 7) is 2.00. The first-order valence-electron chi connectivity index (χ1n) is 2.96. The van der Waals surface area contributed by atoms with E-state index in [1.807, 2.05) is 6.92 Å². The van der Waals surface area contributed by atoms with Crippen molar-refractivity contribution in [1.29, 1.82) is 0 Å². The first-order valence-corrected chi connectivity index (χ1v) is 2.96. The van der Waals surface area contributed by atoms with Crippen LogP contribution in [0.2, 0.25) is 0 Å². The lowest BCUT2D eigenvalue weighted by Crippen LogP contribution is -2.13. The molecule has 0 aliphatic heterocycles. The summed E-state index contributed by atoms with van der Waals surface area (Å²) in [5, 5.41) is 0. The van der Waals surface area contributed by atoms with Gasteiger partial charge in [0.15, 0.2) is 0 Å². The Labute approximate surface area is 51.3 Å². The molecule has 1 atom stereocenters. The van der Waals surface area contributed by atoms with E-state index in [0.29, 0.717) is 6.04 Å². The number of nitrogens with two attached hydrogens (primary N) is 1. The third-order valence-electron chi connectivity index (χ3n) is 0.981. The summed E-state index contributed by atoms with van der Waals surface area (Å²) in [6.07, 6.45) is 8.00. The zero-order chi connectivity index (χ0) is 6.41. The van der Waals surface area contributed by atoms with Gasteiger partial charge < -0.3 is 5.73 Å². The molecule has 0 aromatic carbocycles. The van der Waals surface area contributed by atoms with Crippen molar-refractivity contribution in [2.24, 2.45) is 5.73 Å². The molecule has 1 nitrogen and oxygen atoms in total. The van der Waals surface area contributed by atoms with Crippen molar-refractivity contribution in [3.63, 3.8) is 0 Å². The highest BCUT2D eigenvalue weighted by atomic mass is 14.6. The van der Waals surface area contributed by atoms with E-state index in [2.05, 4.69) is 5.92 Å². The van der Waals surface area contributed by atoms with Gasteiger partial charge in [-0.05, 0) is 19.8 Å². The summed E-state index contributed by atoms with van der Waals surface area (Å²) in [7, 11) is 0. The minimum Gasteiger partial charge on any atom is -0.328 e. The fourth-order valence-corrected chi connectivity index (χ4v) is 0.526. The summed E-state index contributed by atoms with van der Waals surface area (Å²) >= 11 is 0. The second kappa shape index (κ2) is 4.67. The standard InChI is InChI=1S/C7H13N/c1-3-4-5-6-7(2)8/h1,7H,4-6,8H2,2H3. The third-order valence-corrected chi connectivity index (χ3v) is 0.981. The van der Waals surface area contributed by atoms with Crippen LogP contribution in [0.1, 0.15) is 26.2 Å². The van der Waals surface area contributed by atoms with Crippen molar-refractivity contribution in [3.05, 3.63) is 0 Å². The maximum Gasteiger partial charge on any atom is 0.00866 e. The Balaban J connectivity index is 2.85. The normalized spacial score (nSPS) is 12.6. The Bertz CT molecular complexity index is 78.9. The largest absolute Gasteiger partial charge is 0.328 e. The SMILES string of the molecule is C#CCCCC(C)N. The number of unbranched alkanes of at least 4 members (excludes halogenated alkanes) is 1. The zero-order valence-corrected chi connectivity index (χ0v) is 5.35. The highest BCUT2D eigenvalue weighted by Crippen LogP contribution is 1.95. The summed E-state index contributed by atoms with van der Waals surface area (Å²) in [6, 6.07) is 0.309. The Kier molecular flexibility index (Phi) is 4.39. The smallest absolute Gasteiger partial charge is 0.00866 e. The number of rotatable bonds is 3. The van der Waals surface area contributed by atoms with Crippen LogP contribution in [0.25, 0.3) is 0 Å². The number of hydrogen-bond acceptors (Lipinski definition) is 1. The summed E-state index contributed by atoms with van der Waals surface area (Å²) in [5.41, 5.74) is 5.46. The first-order chi connectivity index (χ1) is 3.77. The van der Waals surface area contributed by atoms with Gasteiger partial charge in [-0.15, -0.1) is 12.3 Å². The Hall–Kier alpha value is -0.480. The maximum absolute atomic E-state index is 5.46. The van der Waals surface area contributed by atoms with Gasteiger partial charge in [-0.25, -0.2) is 0 Å². The third kappa shape index (κ3) is 5.52. The molecule has 0 bridgehead atoms. The second-order valence-electron chi connectivity index (χ2n) is 2.07. The number of hydrogen-bond donors (Lipinski definition) is 1. The molecule has 1 unspecified atom stereocenters. The molecule has 2 N–H and O–H groups in total. The monoisotopic (exact) mass is 111 g/mol. The van der Waals surface area contributed by atoms with E-state index in [1.54, 1.807) is 0 Å². The fraction of sp³-hybridized carbons (Fsp3) is 0.714. The zero-order valence-electron chi connectivity index (χ0n) is 5.35. The average molecular weight is 111 g/mol. The lowest BCUT2D eigenvalue weighted by atomic mass is 10.1. The van der Waals surface area contributed by atoms with E-state index in [9.17, 15) is 0 Å². The van der Waals surface area contributed by atoms with Crippen LogP contribution in [0.5, 0.6) is 0 Å². The van der Waals surface area contributed by atoms with Crippen molar-refractivity contribution in [2.75, 3.05) is 0 Å². The maximum atomic E-state index is 5.46. The Morgan fingerprint density at radius 1 is 1.75 bits per heavy atom. The highest BCUT2D eigenvalue weighted by Gasteiger charge is 1.89. The lowest BCUT2D eigenvalue weighted by Gasteiger charge is -1.99. The summed E-state index contributed by atoms with van der Waals surface area (Å²) < 4.78 is 0. The topological polar surface area (TPSA) is 26.0 Å². The van der Waals surface area contributed by atoms with Crippen molar-refractivity contribution < 1.29 is 0 Å². The van der Waals surface area contributed by atoms with Gasteiger partial charge in [-0.1, -0.05) is 0 Å². The molecule has 0 fully saturated rings. The molecule has 1 heteroatoms. The molecule has 0 radical (unpaired) electrons. The van der Waals surface area contributed by atoms with Crippen LogP contribution in [-0.4, -0.2) is 6.04 Å². The van der Waals surface area contributed by atoms with Crippen LogP contribution in [0, 0.1) is 12.3 Å². The highest BCUT2D eigenvalue weighted by molar-refractivity contribution is 4.83. The van der Waals surface area contributed by atoms with Crippen molar-refractivity contribution >= 4 is 0 Å². The van der Waals surface area contributed by atoms with E-state index in [0.717, 1.165) is 19.3 Å². The van der Waals surface area contributed by atoms with Gasteiger partial charge in [-0.3, -0.25) is 0 Å². The van der Waals surface area contributed by atoms with Gasteiger partial charge in [0, 0.05) is 12.5 Å². The van der Waals surface area contributed by atoms with Crippen LogP contribution >= 0.6 is 0 Å². The van der Waals surface area contributed by atoms with Crippen LogP contribution in [-0.2, 0) is 0 Å². The van der Waals surface area contributed by atoms with Crippen molar-refractivity contribution in [2.45, 2.75) is 32.2 Å². The van der Waals surface area contributed by atoms with E-state index in [-0.39, 0.29) is 0 Å². The van der Waals surface area contributed by atoms with Crippen LogP contribution in [0.4, 0.5) is 0 Å². The molecule has 0 heterocycles. The molecule has 0 aromatic rings. The predicted molar refractivity (Wildman–Crippen MR) is 36.3 cm³/mol. The van der Waals surface area contributed by atoms with Gasteiger partial charge in [-0.2, -0.15) is 0 Å². The lowest BCUT2D eigenvalue weighted by molar-refractivity contribution is 0.634. The van der Waals surface area contributed by atoms with Crippen molar-refractivity contribution in [1.82, 2.24) is 0 Å². The molecule has 0 aliphatic rings. The molecule has 46 valence electrons. The summed E-state index contributed by atoms with van der Waals surface area (Å²) in [4.78, 5) is 0. The second-order valence-corrected chi connectivity index (χ2v) is 2.07. The predicted octanol–water partition coefficient (Wildman–Crippen LogP) is 1.14. The molecule has 0 rings (SSSR count). The van der Waals surface area contributed by atoms with Gasteiger partial charge in [0.05, 0.1) is 0 Å². The van der Waals surface area contributed by atoms with Gasteiger partial charge in [0.2, 0.25) is 0 Å². The molecule has 0 aromatic heterocycles. The first kappa shape index (κ1) is 7.52. The van der Waals surface area contributed by atoms with Gasteiger partial charge >= 0.3 is 0 Å². The minimum absolute atomic E-state index is 0.309.